The van der Waals surface area contributed by atoms with E-state index in [0.29, 0.717) is 0 Å². The van der Waals surface area contributed by atoms with E-state index in [1.807, 2.05) is 0 Å². The van der Waals surface area contributed by atoms with Gasteiger partial charge in [0.25, 0.3) is 0 Å². The van der Waals surface area contributed by atoms with Crippen molar-refractivity contribution in [1.82, 2.24) is 0 Å². The molecule has 2 rings (SSSR count). The molecule has 4 unspecified atom stereocenters. The fraction of sp³-hybridized carbons (Fsp3) is 1.00. The van der Waals surface area contributed by atoms with E-state index in [2.05, 4.69) is 0 Å². The van der Waals surface area contributed by atoms with E-state index < -0.39 is 74.3 Å². The molecule has 0 amide bonds. The Kier molecular flexibility index (Phi) is 6.94. The normalized spacial score (nSPS) is 50.0. The second-order valence-electron chi connectivity index (χ2n) is 6.48. The van der Waals surface area contributed by atoms with Gasteiger partial charge in [0, 0.05) is 18.9 Å². The Labute approximate surface area is 140 Å². The van der Waals surface area contributed by atoms with E-state index in [1.165, 1.54) is 7.11 Å². The van der Waals surface area contributed by atoms with E-state index in [9.17, 15) is 25.5 Å². The number of hydrogen-bond donors (Lipinski definition) is 5. The van der Waals surface area contributed by atoms with Gasteiger partial charge in [-0.1, -0.05) is 13.8 Å². The minimum absolute atomic E-state index is 0.399. The lowest BCUT2D eigenvalue weighted by molar-refractivity contribution is -0.342. The summed E-state index contributed by atoms with van der Waals surface area (Å²) in [6.45, 7) is 2.46. The predicted molar refractivity (Wildman–Crippen MR) is 79.7 cm³/mol. The molecule has 2 heterocycles. The molecule has 0 saturated carbocycles. The first-order valence-corrected chi connectivity index (χ1v) is 8.10. The molecule has 0 radical (unpaired) electrons. The van der Waals surface area contributed by atoms with Gasteiger partial charge in [0.15, 0.2) is 12.6 Å². The molecule has 2 aliphatic heterocycles. The number of methoxy groups -OCH3 is 1. The molecule has 2 fully saturated rings. The van der Waals surface area contributed by atoms with Crippen LogP contribution in [-0.4, -0.2) is 95.1 Å². The van der Waals surface area contributed by atoms with Gasteiger partial charge in [-0.2, -0.15) is 0 Å². The molecule has 2 saturated heterocycles. The molecule has 9 heteroatoms. The Morgan fingerprint density at radius 2 is 1.33 bits per heavy atom. The third-order valence-electron chi connectivity index (χ3n) is 4.87. The highest BCUT2D eigenvalue weighted by Gasteiger charge is 2.48. The van der Waals surface area contributed by atoms with E-state index in [4.69, 9.17) is 18.9 Å². The summed E-state index contributed by atoms with van der Waals surface area (Å²) in [5.41, 5.74) is 0. The highest BCUT2D eigenvalue weighted by molar-refractivity contribution is 4.91. The second kappa shape index (κ2) is 8.35. The number of rotatable bonds is 5. The lowest BCUT2D eigenvalue weighted by Gasteiger charge is -2.46. The van der Waals surface area contributed by atoms with Crippen LogP contribution in [0.5, 0.6) is 0 Å². The summed E-state index contributed by atoms with van der Waals surface area (Å²) in [7, 11) is 1.44. The molecule has 0 spiro atoms. The molecular weight excluding hydrogens is 324 g/mol. The fourth-order valence-corrected chi connectivity index (χ4v) is 3.17. The first kappa shape index (κ1) is 20.0. The van der Waals surface area contributed by atoms with Gasteiger partial charge in [-0.3, -0.25) is 0 Å². The van der Waals surface area contributed by atoms with Crippen LogP contribution < -0.4 is 0 Å². The average Bonchev–Trinajstić information content (AvgIpc) is 2.59. The van der Waals surface area contributed by atoms with Gasteiger partial charge >= 0.3 is 0 Å². The van der Waals surface area contributed by atoms with Crippen molar-refractivity contribution in [3.8, 4) is 0 Å². The van der Waals surface area contributed by atoms with Gasteiger partial charge in [0.2, 0.25) is 0 Å². The summed E-state index contributed by atoms with van der Waals surface area (Å²) in [6.07, 6.45) is -7.79. The topological polar surface area (TPSA) is 138 Å². The Morgan fingerprint density at radius 3 is 1.88 bits per heavy atom. The first-order chi connectivity index (χ1) is 11.3. The van der Waals surface area contributed by atoms with E-state index in [0.717, 1.165) is 0 Å². The molecule has 0 bridgehead atoms. The number of aliphatic hydroxyl groups excluding tert-OH is 5. The van der Waals surface area contributed by atoms with Gasteiger partial charge < -0.3 is 44.5 Å². The van der Waals surface area contributed by atoms with Crippen molar-refractivity contribution in [2.75, 3.05) is 20.3 Å². The molecule has 142 valence electrons. The summed E-state index contributed by atoms with van der Waals surface area (Å²) in [5.74, 6) is -1.02. The molecule has 0 aromatic carbocycles. The van der Waals surface area contributed by atoms with E-state index in [1.54, 1.807) is 13.8 Å². The van der Waals surface area contributed by atoms with Crippen molar-refractivity contribution >= 4 is 0 Å². The zero-order valence-electron chi connectivity index (χ0n) is 14.1. The van der Waals surface area contributed by atoms with E-state index >= 15 is 0 Å². The molecule has 9 nitrogen and oxygen atoms in total. The maximum absolute atomic E-state index is 10.5. The molecular formula is C15H28O9. The zero-order valence-corrected chi connectivity index (χ0v) is 14.1. The van der Waals surface area contributed by atoms with Crippen LogP contribution in [0.25, 0.3) is 0 Å². The number of aliphatic hydroxyl groups is 5. The quantitative estimate of drug-likeness (QED) is 0.373. The fourth-order valence-electron chi connectivity index (χ4n) is 3.17. The lowest BCUT2D eigenvalue weighted by atomic mass is 9.90. The third-order valence-corrected chi connectivity index (χ3v) is 4.87. The monoisotopic (exact) mass is 352 g/mol. The largest absolute Gasteiger partial charge is 0.394 e. The van der Waals surface area contributed by atoms with Crippen LogP contribution in [0.3, 0.4) is 0 Å². The zero-order chi connectivity index (χ0) is 18.0. The minimum atomic E-state index is -1.23. The molecule has 24 heavy (non-hydrogen) atoms. The van der Waals surface area contributed by atoms with Crippen LogP contribution >= 0.6 is 0 Å². The summed E-state index contributed by atoms with van der Waals surface area (Å²) in [5, 5.41) is 49.2. The molecule has 2 aliphatic rings. The van der Waals surface area contributed by atoms with Crippen LogP contribution in [0.2, 0.25) is 0 Å². The van der Waals surface area contributed by atoms with Crippen LogP contribution in [-0.2, 0) is 18.9 Å². The minimum Gasteiger partial charge on any atom is -0.394 e. The molecule has 0 aliphatic carbocycles. The summed E-state index contributed by atoms with van der Waals surface area (Å²) < 4.78 is 22.0. The van der Waals surface area contributed by atoms with Gasteiger partial charge in [-0.25, -0.2) is 0 Å². The molecule has 10 atom stereocenters. The summed E-state index contributed by atoms with van der Waals surface area (Å²) >= 11 is 0. The van der Waals surface area contributed by atoms with E-state index in [-0.39, 0.29) is 0 Å². The van der Waals surface area contributed by atoms with Crippen molar-refractivity contribution in [3.05, 3.63) is 0 Å². The van der Waals surface area contributed by atoms with Gasteiger partial charge in [-0.05, 0) is 0 Å². The lowest BCUT2D eigenvalue weighted by Crippen LogP contribution is -2.61. The predicted octanol–water partition coefficient (Wildman–Crippen LogP) is -2.19. The van der Waals surface area contributed by atoms with Crippen molar-refractivity contribution in [2.24, 2.45) is 11.8 Å². The highest BCUT2D eigenvalue weighted by Crippen LogP contribution is 2.33. The van der Waals surface area contributed by atoms with Crippen LogP contribution in [0.1, 0.15) is 13.8 Å². The van der Waals surface area contributed by atoms with Gasteiger partial charge in [0.05, 0.1) is 25.4 Å². The SMILES string of the molecule is CO[C@@H]1OC(CO)[C@@H](O[C@@H]2OC(CO)[C@@H](O)[C@@H](O)C2C)[C@@H](O)C1C. The average molecular weight is 352 g/mol. The maximum Gasteiger partial charge on any atom is 0.163 e. The first-order valence-electron chi connectivity index (χ1n) is 8.10. The molecule has 0 aromatic rings. The molecule has 5 N–H and O–H groups in total. The molecule has 0 aromatic heterocycles. The number of ether oxygens (including phenoxy) is 4. The van der Waals surface area contributed by atoms with Crippen molar-refractivity contribution in [2.45, 2.75) is 63.1 Å². The van der Waals surface area contributed by atoms with Crippen molar-refractivity contribution < 1.29 is 44.5 Å². The maximum atomic E-state index is 10.5. The van der Waals surface area contributed by atoms with Crippen LogP contribution in [0, 0.1) is 11.8 Å². The van der Waals surface area contributed by atoms with Crippen molar-refractivity contribution in [1.29, 1.82) is 0 Å². The highest BCUT2D eigenvalue weighted by atomic mass is 16.7. The Hall–Kier alpha value is -0.360. The second-order valence-corrected chi connectivity index (χ2v) is 6.48. The summed E-state index contributed by atoms with van der Waals surface area (Å²) in [4.78, 5) is 0. The van der Waals surface area contributed by atoms with Crippen molar-refractivity contribution in [3.63, 3.8) is 0 Å². The Morgan fingerprint density at radius 1 is 0.792 bits per heavy atom. The third kappa shape index (κ3) is 3.74. The Balaban J connectivity index is 2.12. The summed E-state index contributed by atoms with van der Waals surface area (Å²) in [6, 6.07) is 0. The number of hydrogen-bond acceptors (Lipinski definition) is 9. The smallest absolute Gasteiger partial charge is 0.163 e. The van der Waals surface area contributed by atoms with Crippen LogP contribution in [0.4, 0.5) is 0 Å². The van der Waals surface area contributed by atoms with Gasteiger partial charge in [0.1, 0.15) is 24.4 Å². The standard InChI is InChI=1S/C15H28O9/c1-6-10(18)12(20)8(4-16)22-15(6)24-13-9(5-17)23-14(21-3)7(2)11(13)19/h6-20H,4-5H2,1-3H3/t6?,7?,8?,9?,10-,11-,12+,13+,14+,15-/m0/s1. The van der Waals surface area contributed by atoms with Crippen LogP contribution in [0.15, 0.2) is 0 Å². The Bertz CT molecular complexity index is 391. The van der Waals surface area contributed by atoms with Gasteiger partial charge in [-0.15, -0.1) is 0 Å².